The fourth-order valence-corrected chi connectivity index (χ4v) is 4.02. The molecule has 0 bridgehead atoms. The first kappa shape index (κ1) is 21.9. The van der Waals surface area contributed by atoms with Crippen LogP contribution in [-0.4, -0.2) is 45.7 Å². The third-order valence-corrected chi connectivity index (χ3v) is 5.54. The summed E-state index contributed by atoms with van der Waals surface area (Å²) in [6.45, 7) is -0.504. The van der Waals surface area contributed by atoms with Gasteiger partial charge in [-0.2, -0.15) is 9.37 Å². The van der Waals surface area contributed by atoms with Gasteiger partial charge >= 0.3 is 11.9 Å². The number of urea groups is 1. The van der Waals surface area contributed by atoms with E-state index >= 15 is 0 Å². The number of hydrogen-bond acceptors (Lipinski definition) is 6. The largest absolute Gasteiger partial charge is 0.506 e. The summed E-state index contributed by atoms with van der Waals surface area (Å²) in [4.78, 5) is 50.9. The van der Waals surface area contributed by atoms with Crippen LogP contribution in [0, 0.1) is 15.9 Å². The average Bonchev–Trinajstić information content (AvgIpc) is 3.23. The molecule has 3 aromatic carbocycles. The molecule has 2 heterocycles. The first-order valence-electron chi connectivity index (χ1n) is 10.4. The predicted octanol–water partition coefficient (Wildman–Crippen LogP) is 3.10. The van der Waals surface area contributed by atoms with Crippen LogP contribution in [0.3, 0.4) is 0 Å². The minimum absolute atomic E-state index is 0.115. The molecular formula is C24H16FN4O6+. The Bertz CT molecular complexity index is 1440. The van der Waals surface area contributed by atoms with Crippen molar-refractivity contribution in [3.05, 3.63) is 94.3 Å². The summed E-state index contributed by atoms with van der Waals surface area (Å²) in [5.41, 5.74) is 0.774. The Labute approximate surface area is 197 Å². The van der Waals surface area contributed by atoms with Gasteiger partial charge in [0.15, 0.2) is 12.3 Å². The first-order valence-corrected chi connectivity index (χ1v) is 10.4. The van der Waals surface area contributed by atoms with Crippen LogP contribution >= 0.6 is 0 Å². The number of halogens is 1. The van der Waals surface area contributed by atoms with Crippen molar-refractivity contribution in [1.82, 2.24) is 0 Å². The molecule has 0 saturated heterocycles. The minimum Gasteiger partial charge on any atom is -0.469 e. The molecule has 0 saturated carbocycles. The van der Waals surface area contributed by atoms with Crippen molar-refractivity contribution in [2.75, 3.05) is 16.8 Å². The second-order valence-electron chi connectivity index (χ2n) is 7.75. The zero-order chi connectivity index (χ0) is 24.7. The Hall–Kier alpha value is -4.93. The van der Waals surface area contributed by atoms with Crippen molar-refractivity contribution < 1.29 is 33.0 Å². The van der Waals surface area contributed by atoms with Crippen molar-refractivity contribution in [2.45, 2.75) is 6.10 Å². The summed E-state index contributed by atoms with van der Waals surface area (Å²) in [5, 5.41) is 13.6. The maximum absolute atomic E-state index is 13.5. The average molecular weight is 475 g/mol. The van der Waals surface area contributed by atoms with Gasteiger partial charge in [0.1, 0.15) is 17.3 Å². The summed E-state index contributed by atoms with van der Waals surface area (Å²) >= 11 is 0. The lowest BCUT2D eigenvalue weighted by molar-refractivity contribution is -0.416. The molecular weight excluding hydrogens is 459 g/mol. The van der Waals surface area contributed by atoms with Crippen LogP contribution in [0.25, 0.3) is 0 Å². The molecule has 174 valence electrons. The van der Waals surface area contributed by atoms with Gasteiger partial charge in [-0.1, -0.05) is 18.2 Å². The van der Waals surface area contributed by atoms with Crippen molar-refractivity contribution >= 4 is 40.6 Å². The van der Waals surface area contributed by atoms with E-state index in [4.69, 9.17) is 4.74 Å². The van der Waals surface area contributed by atoms with Gasteiger partial charge in [0, 0.05) is 17.8 Å². The molecule has 10 nitrogen and oxygen atoms in total. The first-order chi connectivity index (χ1) is 16.8. The minimum atomic E-state index is -1.19. The number of para-hydroxylation sites is 1. The second-order valence-corrected chi connectivity index (χ2v) is 7.75. The molecule has 2 aliphatic heterocycles. The third kappa shape index (κ3) is 3.88. The molecule has 4 amide bonds. The van der Waals surface area contributed by atoms with E-state index in [0.717, 1.165) is 21.6 Å². The van der Waals surface area contributed by atoms with Gasteiger partial charge in [0.25, 0.3) is 17.7 Å². The summed E-state index contributed by atoms with van der Waals surface area (Å²) in [7, 11) is 0. The normalized spacial score (nSPS) is 16.5. The van der Waals surface area contributed by atoms with Gasteiger partial charge in [-0.05, 0) is 42.5 Å². The molecule has 35 heavy (non-hydrogen) atoms. The molecule has 2 aliphatic rings. The Morgan fingerprint density at radius 1 is 1.09 bits per heavy atom. The highest BCUT2D eigenvalue weighted by molar-refractivity contribution is 6.29. The van der Waals surface area contributed by atoms with Crippen LogP contribution in [0.2, 0.25) is 0 Å². The van der Waals surface area contributed by atoms with Crippen LogP contribution in [0.4, 0.5) is 26.2 Å². The van der Waals surface area contributed by atoms with E-state index < -0.39 is 41.2 Å². The van der Waals surface area contributed by atoms with Crippen molar-refractivity contribution in [2.24, 2.45) is 0 Å². The van der Waals surface area contributed by atoms with Gasteiger partial charge in [-0.3, -0.25) is 14.9 Å². The topological polar surface area (TPSA) is 122 Å². The van der Waals surface area contributed by atoms with Crippen molar-refractivity contribution in [3.8, 4) is 5.75 Å². The highest BCUT2D eigenvalue weighted by Crippen LogP contribution is 2.33. The molecule has 0 radical (unpaired) electrons. The van der Waals surface area contributed by atoms with E-state index in [1.54, 1.807) is 24.3 Å². The zero-order valence-corrected chi connectivity index (χ0v) is 17.9. The number of nitrogens with zero attached hydrogens (tertiary/aromatic N) is 3. The van der Waals surface area contributed by atoms with Crippen LogP contribution in [0.1, 0.15) is 5.56 Å². The van der Waals surface area contributed by atoms with Crippen LogP contribution in [0.15, 0.2) is 72.8 Å². The maximum Gasteiger partial charge on any atom is 0.506 e. The van der Waals surface area contributed by atoms with Gasteiger partial charge in [-0.25, -0.2) is 9.18 Å². The molecule has 5 rings (SSSR count). The number of ether oxygens (including phenoxy) is 1. The Kier molecular flexibility index (Phi) is 5.28. The number of anilines is 2. The number of nitro benzene ring substituents is 1. The van der Waals surface area contributed by atoms with E-state index in [0.29, 0.717) is 11.3 Å². The number of imide groups is 1. The maximum atomic E-state index is 13.5. The number of carbonyl (C=O) groups excluding carboxylic acids is 3. The molecule has 1 atom stereocenters. The molecule has 1 N–H and O–H groups in total. The Morgan fingerprint density at radius 3 is 2.57 bits per heavy atom. The second kappa shape index (κ2) is 8.45. The van der Waals surface area contributed by atoms with Gasteiger partial charge in [0.05, 0.1) is 10.5 Å². The number of rotatable bonds is 5. The summed E-state index contributed by atoms with van der Waals surface area (Å²) in [6.07, 6.45) is -1.19. The highest BCUT2D eigenvalue weighted by Gasteiger charge is 2.54. The Balaban J connectivity index is 1.53. The van der Waals surface area contributed by atoms with E-state index in [9.17, 15) is 28.9 Å². The monoisotopic (exact) mass is 475 g/mol. The number of benzene rings is 3. The lowest BCUT2D eigenvalue weighted by Gasteiger charge is -2.23. The van der Waals surface area contributed by atoms with Crippen LogP contribution < -0.4 is 15.0 Å². The van der Waals surface area contributed by atoms with Gasteiger partial charge in [-0.15, -0.1) is 4.90 Å². The molecule has 11 heteroatoms. The van der Waals surface area contributed by atoms with Gasteiger partial charge in [0.2, 0.25) is 0 Å². The predicted molar refractivity (Wildman–Crippen MR) is 121 cm³/mol. The Morgan fingerprint density at radius 2 is 1.83 bits per heavy atom. The standard InChI is InChI=1S/C24H15FN4O6/c25-14-8-10-16(11-9-14)28-23(31)22-21(18-6-1-2-7-19(18)35-22)27(24(28)32)13-20(30)26-15-4-3-5-17(12-15)29(33)34/h1-12,22H,13H2/p+1. The fraction of sp³-hybridized carbons (Fsp3) is 0.0833. The number of nitrogens with one attached hydrogen (secondary N) is 1. The van der Waals surface area contributed by atoms with Crippen molar-refractivity contribution in [1.29, 1.82) is 0 Å². The zero-order valence-electron chi connectivity index (χ0n) is 17.9. The summed E-state index contributed by atoms with van der Waals surface area (Å²) in [5.74, 6) is -1.50. The lowest BCUT2D eigenvalue weighted by Crippen LogP contribution is -2.59. The SMILES string of the molecule is O=C(C[N+]1=C2c3ccccc3OC2C(=O)N(c2ccc(F)cc2)C1=O)Nc1cccc([N+](=O)[O-])c1. The molecule has 0 fully saturated rings. The van der Waals surface area contributed by atoms with E-state index in [-0.39, 0.29) is 22.8 Å². The van der Waals surface area contributed by atoms with Crippen molar-refractivity contribution in [3.63, 3.8) is 0 Å². The van der Waals surface area contributed by atoms with Gasteiger partial charge < -0.3 is 10.1 Å². The van der Waals surface area contributed by atoms with Crippen LogP contribution in [-0.2, 0) is 9.59 Å². The highest BCUT2D eigenvalue weighted by atomic mass is 19.1. The lowest BCUT2D eigenvalue weighted by atomic mass is 10.0. The summed E-state index contributed by atoms with van der Waals surface area (Å²) < 4.78 is 20.4. The number of amides is 4. The summed E-state index contributed by atoms with van der Waals surface area (Å²) in [6, 6.07) is 16.0. The smallest absolute Gasteiger partial charge is 0.469 e. The van der Waals surface area contributed by atoms with E-state index in [1.807, 2.05) is 0 Å². The fourth-order valence-electron chi connectivity index (χ4n) is 4.02. The van der Waals surface area contributed by atoms with E-state index in [1.165, 1.54) is 36.4 Å². The molecule has 3 aromatic rings. The number of non-ortho nitro benzene ring substituents is 1. The third-order valence-electron chi connectivity index (χ3n) is 5.54. The molecule has 1 unspecified atom stereocenters. The van der Waals surface area contributed by atoms with Crippen LogP contribution in [0.5, 0.6) is 5.75 Å². The number of carbonyl (C=O) groups is 3. The van der Waals surface area contributed by atoms with E-state index in [2.05, 4.69) is 5.32 Å². The molecule has 0 spiro atoms. The number of fused-ring (bicyclic) bond motifs is 3. The molecule has 0 aliphatic carbocycles. The quantitative estimate of drug-likeness (QED) is 0.344. The number of nitro groups is 1. The number of hydrogen-bond donors (Lipinski definition) is 1. The molecule has 0 aromatic heterocycles.